The standard InChI is InChI=1S/C28H29FN2O4/c1-4-34-28(33)22-17(2)35-27-21-11-6-5-10-20(21)26(32)24(23(22)27)25(18-8-7-9-19(29)16-18)31-14-12-30(3)13-15-31/h5-11,16,25,32H,4,12-15H2,1-3H3. The summed E-state index contributed by atoms with van der Waals surface area (Å²) in [6, 6.07) is 13.4. The molecule has 1 saturated heterocycles. The molecule has 1 aromatic heterocycles. The number of esters is 1. The second-order valence-electron chi connectivity index (χ2n) is 9.06. The Morgan fingerprint density at radius 2 is 1.83 bits per heavy atom. The third-order valence-corrected chi connectivity index (χ3v) is 6.86. The molecule has 35 heavy (non-hydrogen) atoms. The molecule has 1 atom stereocenters. The van der Waals surface area contributed by atoms with Crippen LogP contribution in [0.5, 0.6) is 5.75 Å². The van der Waals surface area contributed by atoms with Gasteiger partial charge in [0.15, 0.2) is 0 Å². The van der Waals surface area contributed by atoms with Crippen LogP contribution in [0.1, 0.15) is 40.2 Å². The molecule has 6 nitrogen and oxygen atoms in total. The highest BCUT2D eigenvalue weighted by atomic mass is 19.1. The third kappa shape index (κ3) is 4.05. The van der Waals surface area contributed by atoms with Gasteiger partial charge in [-0.05, 0) is 38.6 Å². The van der Waals surface area contributed by atoms with Crippen molar-refractivity contribution in [2.24, 2.45) is 0 Å². The first-order chi connectivity index (χ1) is 16.9. The van der Waals surface area contributed by atoms with Crippen LogP contribution in [-0.2, 0) is 4.74 Å². The van der Waals surface area contributed by atoms with Crippen molar-refractivity contribution < 1.29 is 23.4 Å². The predicted octanol–water partition coefficient (Wildman–Crippen LogP) is 5.25. The number of carbonyl (C=O) groups is 1. The van der Waals surface area contributed by atoms with Crippen LogP contribution in [0.3, 0.4) is 0 Å². The van der Waals surface area contributed by atoms with E-state index in [2.05, 4.69) is 16.8 Å². The summed E-state index contributed by atoms with van der Waals surface area (Å²) in [7, 11) is 2.07. The van der Waals surface area contributed by atoms with Crippen LogP contribution in [0, 0.1) is 12.7 Å². The number of furan rings is 1. The minimum atomic E-state index is -0.504. The lowest BCUT2D eigenvalue weighted by Crippen LogP contribution is -2.46. The summed E-state index contributed by atoms with van der Waals surface area (Å²) in [6.45, 7) is 6.80. The maximum atomic E-state index is 14.5. The van der Waals surface area contributed by atoms with Gasteiger partial charge in [-0.3, -0.25) is 4.90 Å². The average molecular weight is 477 g/mol. The van der Waals surface area contributed by atoms with Crippen LogP contribution in [0.25, 0.3) is 21.7 Å². The summed E-state index contributed by atoms with van der Waals surface area (Å²) in [5.41, 5.74) is 2.06. The van der Waals surface area contributed by atoms with E-state index in [1.807, 2.05) is 30.3 Å². The number of piperazine rings is 1. The van der Waals surface area contributed by atoms with Gasteiger partial charge in [-0.25, -0.2) is 9.18 Å². The van der Waals surface area contributed by atoms with Gasteiger partial charge in [-0.15, -0.1) is 0 Å². The molecule has 0 aliphatic carbocycles. The quantitative estimate of drug-likeness (QED) is 0.397. The minimum absolute atomic E-state index is 0.0626. The Morgan fingerprint density at radius 3 is 2.51 bits per heavy atom. The van der Waals surface area contributed by atoms with E-state index in [1.165, 1.54) is 12.1 Å². The third-order valence-electron chi connectivity index (χ3n) is 6.86. The molecule has 0 saturated carbocycles. The van der Waals surface area contributed by atoms with Gasteiger partial charge in [0.1, 0.15) is 28.5 Å². The summed E-state index contributed by atoms with van der Waals surface area (Å²) < 4.78 is 26.0. The van der Waals surface area contributed by atoms with Gasteiger partial charge >= 0.3 is 5.97 Å². The van der Waals surface area contributed by atoms with Crippen molar-refractivity contribution in [3.05, 3.63) is 76.8 Å². The lowest BCUT2D eigenvalue weighted by atomic mass is 9.88. The highest BCUT2D eigenvalue weighted by molar-refractivity contribution is 6.16. The number of benzene rings is 3. The molecule has 182 valence electrons. The lowest BCUT2D eigenvalue weighted by molar-refractivity contribution is 0.0526. The fraction of sp³-hybridized carbons (Fsp3) is 0.321. The summed E-state index contributed by atoms with van der Waals surface area (Å²) >= 11 is 0. The number of likely N-dealkylation sites (N-methyl/N-ethyl adjacent to an activating group) is 1. The Balaban J connectivity index is 1.88. The average Bonchev–Trinajstić information content (AvgIpc) is 3.19. The number of ether oxygens (including phenoxy) is 1. The van der Waals surface area contributed by atoms with Crippen molar-refractivity contribution in [3.8, 4) is 5.75 Å². The molecule has 4 aromatic rings. The van der Waals surface area contributed by atoms with Crippen LogP contribution in [0.2, 0.25) is 0 Å². The largest absolute Gasteiger partial charge is 0.507 e. The zero-order chi connectivity index (χ0) is 24.7. The summed E-state index contributed by atoms with van der Waals surface area (Å²) in [6.07, 6.45) is 0. The molecule has 3 aromatic carbocycles. The number of nitrogens with zero attached hydrogens (tertiary/aromatic N) is 2. The van der Waals surface area contributed by atoms with E-state index in [0.717, 1.165) is 26.2 Å². The Morgan fingerprint density at radius 1 is 1.11 bits per heavy atom. The first-order valence-corrected chi connectivity index (χ1v) is 11.9. The van der Waals surface area contributed by atoms with Crippen molar-refractivity contribution in [1.82, 2.24) is 9.80 Å². The zero-order valence-electron chi connectivity index (χ0n) is 20.2. The van der Waals surface area contributed by atoms with E-state index in [1.54, 1.807) is 19.9 Å². The molecule has 1 aliphatic heterocycles. The van der Waals surface area contributed by atoms with Gasteiger partial charge in [-0.2, -0.15) is 0 Å². The van der Waals surface area contributed by atoms with E-state index in [-0.39, 0.29) is 18.2 Å². The van der Waals surface area contributed by atoms with E-state index in [0.29, 0.717) is 44.2 Å². The predicted molar refractivity (Wildman–Crippen MR) is 133 cm³/mol. The van der Waals surface area contributed by atoms with Crippen LogP contribution in [0.15, 0.2) is 52.9 Å². The second-order valence-corrected chi connectivity index (χ2v) is 9.06. The van der Waals surface area contributed by atoms with E-state index >= 15 is 0 Å². The highest BCUT2D eigenvalue weighted by Crippen LogP contribution is 2.47. The van der Waals surface area contributed by atoms with Gasteiger partial charge in [0.05, 0.1) is 12.6 Å². The molecule has 5 rings (SSSR count). The summed E-state index contributed by atoms with van der Waals surface area (Å²) in [4.78, 5) is 17.6. The Kier molecular flexibility index (Phi) is 6.21. The molecule has 7 heteroatoms. The first kappa shape index (κ1) is 23.3. The fourth-order valence-electron chi connectivity index (χ4n) is 5.17. The van der Waals surface area contributed by atoms with E-state index < -0.39 is 12.0 Å². The molecule has 0 radical (unpaired) electrons. The zero-order valence-corrected chi connectivity index (χ0v) is 20.2. The number of halogens is 1. The number of rotatable bonds is 5. The number of hydrogen-bond donors (Lipinski definition) is 1. The number of aromatic hydroxyl groups is 1. The van der Waals surface area contributed by atoms with Crippen LogP contribution < -0.4 is 0 Å². The van der Waals surface area contributed by atoms with Gasteiger partial charge < -0.3 is 19.2 Å². The topological polar surface area (TPSA) is 66.2 Å². The van der Waals surface area contributed by atoms with Crippen molar-refractivity contribution in [2.45, 2.75) is 19.9 Å². The maximum Gasteiger partial charge on any atom is 0.342 e. The van der Waals surface area contributed by atoms with Crippen molar-refractivity contribution in [1.29, 1.82) is 0 Å². The summed E-state index contributed by atoms with van der Waals surface area (Å²) in [5, 5.41) is 13.6. The Bertz CT molecular complexity index is 1410. The van der Waals surface area contributed by atoms with Crippen molar-refractivity contribution in [3.63, 3.8) is 0 Å². The molecule has 1 fully saturated rings. The molecule has 1 N–H and O–H groups in total. The molecule has 1 unspecified atom stereocenters. The number of aryl methyl sites for hydroxylation is 1. The van der Waals surface area contributed by atoms with Crippen LogP contribution >= 0.6 is 0 Å². The number of phenols is 1. The smallest absolute Gasteiger partial charge is 0.342 e. The van der Waals surface area contributed by atoms with Crippen LogP contribution in [-0.4, -0.2) is 60.7 Å². The molecular weight excluding hydrogens is 447 g/mol. The van der Waals surface area contributed by atoms with Crippen molar-refractivity contribution >= 4 is 27.7 Å². The Hall–Kier alpha value is -3.42. The molecular formula is C28H29FN2O4. The van der Waals surface area contributed by atoms with E-state index in [9.17, 15) is 14.3 Å². The number of fused-ring (bicyclic) bond motifs is 3. The molecule has 2 heterocycles. The molecule has 0 amide bonds. The Labute approximate surface area is 203 Å². The second kappa shape index (κ2) is 9.32. The first-order valence-electron chi connectivity index (χ1n) is 11.9. The fourth-order valence-corrected chi connectivity index (χ4v) is 5.17. The minimum Gasteiger partial charge on any atom is -0.507 e. The highest BCUT2D eigenvalue weighted by Gasteiger charge is 2.34. The number of carbonyl (C=O) groups excluding carboxylic acids is 1. The summed E-state index contributed by atoms with van der Waals surface area (Å²) in [5.74, 6) is -0.373. The monoisotopic (exact) mass is 476 g/mol. The maximum absolute atomic E-state index is 14.5. The van der Waals surface area contributed by atoms with Crippen LogP contribution in [0.4, 0.5) is 4.39 Å². The van der Waals surface area contributed by atoms with E-state index in [4.69, 9.17) is 9.15 Å². The number of phenolic OH excluding ortho intramolecular Hbond substituents is 1. The normalized spacial score (nSPS) is 16.1. The van der Waals surface area contributed by atoms with Gasteiger partial charge in [0.2, 0.25) is 0 Å². The van der Waals surface area contributed by atoms with Gasteiger partial charge in [0.25, 0.3) is 0 Å². The van der Waals surface area contributed by atoms with Gasteiger partial charge in [-0.1, -0.05) is 36.4 Å². The van der Waals surface area contributed by atoms with Gasteiger partial charge in [0, 0.05) is 47.9 Å². The molecule has 0 bridgehead atoms. The van der Waals surface area contributed by atoms with Crippen molar-refractivity contribution in [2.75, 3.05) is 39.8 Å². The lowest BCUT2D eigenvalue weighted by Gasteiger charge is -2.39. The number of hydrogen-bond acceptors (Lipinski definition) is 6. The molecule has 0 spiro atoms. The SMILES string of the molecule is CCOC(=O)c1c(C)oc2c1c(C(c1cccc(F)c1)N1CCN(C)CC1)c(O)c1ccccc12. The molecule has 1 aliphatic rings.